The molecular formula is C19H32IN5O. The third kappa shape index (κ3) is 5.70. The Labute approximate surface area is 174 Å². The monoisotopic (exact) mass is 473 g/mol. The Bertz CT molecular complexity index is 580. The van der Waals surface area contributed by atoms with Crippen molar-refractivity contribution in [3.8, 4) is 0 Å². The van der Waals surface area contributed by atoms with Crippen LogP contribution in [0.25, 0.3) is 0 Å². The lowest BCUT2D eigenvalue weighted by Crippen LogP contribution is -2.50. The van der Waals surface area contributed by atoms with Gasteiger partial charge in [0.15, 0.2) is 5.96 Å². The van der Waals surface area contributed by atoms with Gasteiger partial charge in [-0.2, -0.15) is 0 Å². The SMILES string of the molecule is CCNC(=NCC1(C)COC1)NC1CCN(c2ccc(C)cn2)CC1.I. The molecule has 26 heavy (non-hydrogen) atoms. The Kier molecular flexibility index (Phi) is 7.94. The average molecular weight is 473 g/mol. The van der Waals surface area contributed by atoms with Crippen LogP contribution in [0.5, 0.6) is 0 Å². The van der Waals surface area contributed by atoms with Gasteiger partial charge in [0, 0.05) is 37.3 Å². The van der Waals surface area contributed by atoms with E-state index < -0.39 is 0 Å². The van der Waals surface area contributed by atoms with E-state index in [9.17, 15) is 0 Å². The first-order valence-electron chi connectivity index (χ1n) is 9.38. The average Bonchev–Trinajstić information content (AvgIpc) is 2.60. The van der Waals surface area contributed by atoms with Crippen molar-refractivity contribution in [2.45, 2.75) is 39.7 Å². The van der Waals surface area contributed by atoms with Crippen molar-refractivity contribution in [3.05, 3.63) is 23.9 Å². The van der Waals surface area contributed by atoms with E-state index in [0.29, 0.717) is 6.04 Å². The normalized spacial score (nSPS) is 20.1. The van der Waals surface area contributed by atoms with Gasteiger partial charge < -0.3 is 20.3 Å². The molecule has 0 atom stereocenters. The summed E-state index contributed by atoms with van der Waals surface area (Å²) < 4.78 is 5.32. The first-order valence-corrected chi connectivity index (χ1v) is 9.38. The van der Waals surface area contributed by atoms with E-state index in [2.05, 4.69) is 53.4 Å². The number of aliphatic imine (C=N–C) groups is 1. The van der Waals surface area contributed by atoms with Crippen molar-refractivity contribution >= 4 is 35.8 Å². The standard InChI is InChI=1S/C19H31N5O.HI/c1-4-20-18(22-12-19(3)13-25-14-19)23-16-7-9-24(10-8-16)17-6-5-15(2)11-21-17;/h5-6,11,16H,4,7-10,12-14H2,1-3H3,(H2,20,22,23);1H. The van der Waals surface area contributed by atoms with E-state index >= 15 is 0 Å². The highest BCUT2D eigenvalue weighted by Crippen LogP contribution is 2.26. The molecule has 7 heteroatoms. The molecule has 1 aromatic heterocycles. The van der Waals surface area contributed by atoms with Crippen molar-refractivity contribution in [1.82, 2.24) is 15.6 Å². The smallest absolute Gasteiger partial charge is 0.191 e. The summed E-state index contributed by atoms with van der Waals surface area (Å²) in [7, 11) is 0. The van der Waals surface area contributed by atoms with Crippen molar-refractivity contribution in [2.75, 3.05) is 44.3 Å². The van der Waals surface area contributed by atoms with Crippen LogP contribution in [0.4, 0.5) is 5.82 Å². The maximum Gasteiger partial charge on any atom is 0.191 e. The quantitative estimate of drug-likeness (QED) is 0.391. The minimum absolute atomic E-state index is 0. The Morgan fingerprint density at radius 2 is 2.08 bits per heavy atom. The van der Waals surface area contributed by atoms with Crippen LogP contribution in [0.15, 0.2) is 23.3 Å². The summed E-state index contributed by atoms with van der Waals surface area (Å²) in [6.07, 6.45) is 4.14. The molecule has 2 saturated heterocycles. The number of hydrogen-bond acceptors (Lipinski definition) is 4. The van der Waals surface area contributed by atoms with E-state index in [-0.39, 0.29) is 29.4 Å². The minimum Gasteiger partial charge on any atom is -0.380 e. The zero-order valence-corrected chi connectivity index (χ0v) is 18.5. The van der Waals surface area contributed by atoms with Gasteiger partial charge in [-0.3, -0.25) is 4.99 Å². The fourth-order valence-electron chi connectivity index (χ4n) is 3.23. The van der Waals surface area contributed by atoms with Crippen LogP contribution in [-0.2, 0) is 4.74 Å². The number of aryl methyl sites for hydroxylation is 1. The summed E-state index contributed by atoms with van der Waals surface area (Å²) in [4.78, 5) is 11.7. The van der Waals surface area contributed by atoms with Gasteiger partial charge in [0.2, 0.25) is 0 Å². The second kappa shape index (κ2) is 9.73. The summed E-state index contributed by atoms with van der Waals surface area (Å²) in [6, 6.07) is 4.72. The number of nitrogens with one attached hydrogen (secondary N) is 2. The molecule has 2 aliphatic heterocycles. The number of aromatic nitrogens is 1. The van der Waals surface area contributed by atoms with Crippen LogP contribution < -0.4 is 15.5 Å². The zero-order valence-electron chi connectivity index (χ0n) is 16.1. The van der Waals surface area contributed by atoms with Crippen LogP contribution in [0.3, 0.4) is 0 Å². The first-order chi connectivity index (χ1) is 12.1. The number of rotatable bonds is 5. The predicted molar refractivity (Wildman–Crippen MR) is 118 cm³/mol. The molecule has 3 heterocycles. The topological polar surface area (TPSA) is 61.8 Å². The van der Waals surface area contributed by atoms with Gasteiger partial charge in [-0.1, -0.05) is 13.0 Å². The van der Waals surface area contributed by atoms with E-state index in [1.807, 2.05) is 6.20 Å². The number of pyridine rings is 1. The fraction of sp³-hybridized carbons (Fsp3) is 0.684. The Hall–Kier alpha value is -1.09. The predicted octanol–water partition coefficient (Wildman–Crippen LogP) is 2.57. The molecule has 0 saturated carbocycles. The molecule has 2 aliphatic rings. The molecule has 2 fully saturated rings. The Morgan fingerprint density at radius 1 is 1.35 bits per heavy atom. The molecular weight excluding hydrogens is 441 g/mol. The van der Waals surface area contributed by atoms with Gasteiger partial charge in [-0.25, -0.2) is 4.98 Å². The maximum atomic E-state index is 5.32. The second-order valence-corrected chi connectivity index (χ2v) is 7.60. The van der Waals surface area contributed by atoms with E-state index in [1.54, 1.807) is 0 Å². The fourth-order valence-corrected chi connectivity index (χ4v) is 3.23. The number of piperidine rings is 1. The van der Waals surface area contributed by atoms with Gasteiger partial charge in [0.05, 0.1) is 19.8 Å². The zero-order chi connectivity index (χ0) is 17.7. The molecule has 0 bridgehead atoms. The highest BCUT2D eigenvalue weighted by molar-refractivity contribution is 14.0. The molecule has 2 N–H and O–H groups in total. The molecule has 6 nitrogen and oxygen atoms in total. The number of nitrogens with zero attached hydrogens (tertiary/aromatic N) is 3. The van der Waals surface area contributed by atoms with Gasteiger partial charge in [-0.15, -0.1) is 24.0 Å². The van der Waals surface area contributed by atoms with Crippen molar-refractivity contribution in [3.63, 3.8) is 0 Å². The third-order valence-electron chi connectivity index (χ3n) is 4.92. The van der Waals surface area contributed by atoms with E-state index in [0.717, 1.165) is 64.0 Å². The molecule has 0 unspecified atom stereocenters. The summed E-state index contributed by atoms with van der Waals surface area (Å²) in [5, 5.41) is 6.98. The Balaban J connectivity index is 0.00000243. The molecule has 0 aliphatic carbocycles. The molecule has 3 rings (SSSR count). The van der Waals surface area contributed by atoms with Gasteiger partial charge in [0.25, 0.3) is 0 Å². The van der Waals surface area contributed by atoms with Gasteiger partial charge in [-0.05, 0) is 38.3 Å². The summed E-state index contributed by atoms with van der Waals surface area (Å²) in [6.45, 7) is 11.8. The van der Waals surface area contributed by atoms with Crippen molar-refractivity contribution < 1.29 is 4.74 Å². The highest BCUT2D eigenvalue weighted by Gasteiger charge is 2.33. The largest absolute Gasteiger partial charge is 0.380 e. The lowest BCUT2D eigenvalue weighted by Gasteiger charge is -2.37. The van der Waals surface area contributed by atoms with Crippen LogP contribution in [0.2, 0.25) is 0 Å². The van der Waals surface area contributed by atoms with Crippen LogP contribution in [0.1, 0.15) is 32.3 Å². The number of anilines is 1. The molecule has 0 amide bonds. The second-order valence-electron chi connectivity index (χ2n) is 7.60. The summed E-state index contributed by atoms with van der Waals surface area (Å²) in [5.74, 6) is 2.02. The van der Waals surface area contributed by atoms with Crippen LogP contribution in [0, 0.1) is 12.3 Å². The number of halogens is 1. The summed E-state index contributed by atoms with van der Waals surface area (Å²) in [5.41, 5.74) is 1.42. The van der Waals surface area contributed by atoms with Gasteiger partial charge >= 0.3 is 0 Å². The Morgan fingerprint density at radius 3 is 2.62 bits per heavy atom. The molecule has 146 valence electrons. The molecule has 0 aromatic carbocycles. The van der Waals surface area contributed by atoms with E-state index in [1.165, 1.54) is 5.56 Å². The van der Waals surface area contributed by atoms with Crippen LogP contribution in [-0.4, -0.2) is 56.4 Å². The molecule has 1 aromatic rings. The maximum absolute atomic E-state index is 5.32. The van der Waals surface area contributed by atoms with Crippen LogP contribution >= 0.6 is 24.0 Å². The number of ether oxygens (including phenoxy) is 1. The highest BCUT2D eigenvalue weighted by atomic mass is 127. The first kappa shape index (κ1) is 21.2. The van der Waals surface area contributed by atoms with Gasteiger partial charge in [0.1, 0.15) is 5.82 Å². The molecule has 0 spiro atoms. The number of hydrogen-bond donors (Lipinski definition) is 2. The lowest BCUT2D eigenvalue weighted by molar-refractivity contribution is -0.0945. The van der Waals surface area contributed by atoms with E-state index in [4.69, 9.17) is 9.73 Å². The van der Waals surface area contributed by atoms with Crippen molar-refractivity contribution in [1.29, 1.82) is 0 Å². The lowest BCUT2D eigenvalue weighted by atomic mass is 9.89. The molecule has 0 radical (unpaired) electrons. The minimum atomic E-state index is 0. The summed E-state index contributed by atoms with van der Waals surface area (Å²) >= 11 is 0. The van der Waals surface area contributed by atoms with Crippen molar-refractivity contribution in [2.24, 2.45) is 10.4 Å². The number of guanidine groups is 1. The third-order valence-corrected chi connectivity index (χ3v) is 4.92.